The van der Waals surface area contributed by atoms with E-state index in [4.69, 9.17) is 25.8 Å². The number of halogens is 1. The lowest BCUT2D eigenvalue weighted by Crippen LogP contribution is -2.43. The number of nitro benzene ring substituents is 1. The molecule has 0 bridgehead atoms. The van der Waals surface area contributed by atoms with Crippen molar-refractivity contribution in [1.29, 1.82) is 0 Å². The fourth-order valence-corrected chi connectivity index (χ4v) is 4.28. The van der Waals surface area contributed by atoms with Crippen LogP contribution < -0.4 is 4.74 Å². The zero-order valence-electron chi connectivity index (χ0n) is 17.9. The van der Waals surface area contributed by atoms with Crippen LogP contribution in [0.15, 0.2) is 54.5 Å². The minimum atomic E-state index is -0.671. The number of benzene rings is 2. The Kier molecular flexibility index (Phi) is 6.65. The highest BCUT2D eigenvalue weighted by molar-refractivity contribution is 6.33. The second-order valence-corrected chi connectivity index (χ2v) is 8.40. The zero-order valence-corrected chi connectivity index (χ0v) is 18.6. The maximum absolute atomic E-state index is 12.9. The quantitative estimate of drug-likeness (QED) is 0.330. The number of nitro groups is 1. The molecular weight excluding hydrogens is 450 g/mol. The second kappa shape index (κ2) is 9.62. The Morgan fingerprint density at radius 3 is 2.64 bits per heavy atom. The summed E-state index contributed by atoms with van der Waals surface area (Å²) in [6.07, 6.45) is 2.66. The van der Waals surface area contributed by atoms with Crippen LogP contribution in [0.5, 0.6) is 5.75 Å². The monoisotopic (exact) mass is 471 g/mol. The maximum atomic E-state index is 12.9. The molecule has 0 N–H and O–H groups in total. The Morgan fingerprint density at radius 1 is 1.21 bits per heavy atom. The average Bonchev–Trinajstić information content (AvgIpc) is 2.81. The fourth-order valence-electron chi connectivity index (χ4n) is 4.03. The third kappa shape index (κ3) is 5.01. The number of non-ortho nitro benzene ring substituents is 1. The lowest BCUT2D eigenvalue weighted by Gasteiger charge is -2.36. The third-order valence-corrected chi connectivity index (χ3v) is 6.20. The number of aryl methyl sites for hydroxylation is 1. The van der Waals surface area contributed by atoms with Crippen molar-refractivity contribution in [2.45, 2.75) is 44.8 Å². The molecule has 9 heteroatoms. The van der Waals surface area contributed by atoms with Gasteiger partial charge < -0.3 is 14.2 Å². The molecule has 0 spiro atoms. The van der Waals surface area contributed by atoms with E-state index in [0.717, 1.165) is 12.5 Å². The van der Waals surface area contributed by atoms with Crippen LogP contribution in [-0.2, 0) is 20.7 Å². The summed E-state index contributed by atoms with van der Waals surface area (Å²) in [5, 5.41) is 10.8. The van der Waals surface area contributed by atoms with Crippen molar-refractivity contribution in [3.8, 4) is 5.75 Å². The molecule has 1 heterocycles. The summed E-state index contributed by atoms with van der Waals surface area (Å²) in [5.41, 5.74) is 1.01. The summed E-state index contributed by atoms with van der Waals surface area (Å²) >= 11 is 6.02. The highest BCUT2D eigenvalue weighted by Crippen LogP contribution is 2.36. The van der Waals surface area contributed by atoms with Crippen molar-refractivity contribution in [2.24, 2.45) is 5.92 Å². The number of ketones is 1. The predicted molar refractivity (Wildman–Crippen MR) is 119 cm³/mol. The molecule has 1 fully saturated rings. The van der Waals surface area contributed by atoms with E-state index >= 15 is 0 Å². The van der Waals surface area contributed by atoms with Crippen molar-refractivity contribution in [3.63, 3.8) is 0 Å². The molecule has 1 aliphatic carbocycles. The first-order valence-corrected chi connectivity index (χ1v) is 11.0. The lowest BCUT2D eigenvalue weighted by molar-refractivity contribution is -0.384. The van der Waals surface area contributed by atoms with Gasteiger partial charge in [-0.2, -0.15) is 0 Å². The summed E-state index contributed by atoms with van der Waals surface area (Å²) in [5.74, 6) is -0.451. The van der Waals surface area contributed by atoms with Crippen molar-refractivity contribution >= 4 is 29.0 Å². The smallest absolute Gasteiger partial charge is 0.339 e. The SMILES string of the molecule is CCc1ccc(OC2=COC3CC(OC(=O)c4ccc([N+](=O)[O-])cc4Cl)CCC3C2=O)cc1. The van der Waals surface area contributed by atoms with Crippen LogP contribution in [0.4, 0.5) is 5.69 Å². The molecule has 0 radical (unpaired) electrons. The average molecular weight is 472 g/mol. The van der Waals surface area contributed by atoms with Gasteiger partial charge in [-0.05, 0) is 43.0 Å². The lowest BCUT2D eigenvalue weighted by atomic mass is 9.80. The minimum absolute atomic E-state index is 0.0507. The Bertz CT molecular complexity index is 1110. The standard InChI is InChI=1S/C24H22ClNO7/c1-2-14-3-6-16(7-4-14)32-22-13-31-21-12-17(8-10-19(21)23(22)27)33-24(28)18-9-5-15(26(29)30)11-20(18)25/h3-7,9,11,13,17,19,21H,2,8,10,12H2,1H3. The number of fused-ring (bicyclic) bond motifs is 1. The molecule has 0 aromatic heterocycles. The summed E-state index contributed by atoms with van der Waals surface area (Å²) in [4.78, 5) is 35.7. The van der Waals surface area contributed by atoms with E-state index in [1.807, 2.05) is 24.3 Å². The van der Waals surface area contributed by atoms with E-state index in [1.165, 1.54) is 24.0 Å². The summed E-state index contributed by atoms with van der Waals surface area (Å²) in [6.45, 7) is 2.06. The summed E-state index contributed by atoms with van der Waals surface area (Å²) in [7, 11) is 0. The molecule has 1 aliphatic heterocycles. The van der Waals surface area contributed by atoms with Gasteiger partial charge in [0.1, 0.15) is 24.2 Å². The number of hydrogen-bond acceptors (Lipinski definition) is 7. The first-order valence-electron chi connectivity index (χ1n) is 10.7. The van der Waals surface area contributed by atoms with Gasteiger partial charge in [0.05, 0.1) is 21.4 Å². The molecular formula is C24H22ClNO7. The van der Waals surface area contributed by atoms with Crippen molar-refractivity contribution in [3.05, 3.63) is 80.7 Å². The molecule has 172 valence electrons. The van der Waals surface area contributed by atoms with Crippen molar-refractivity contribution in [1.82, 2.24) is 0 Å². The van der Waals surface area contributed by atoms with E-state index in [9.17, 15) is 19.7 Å². The number of hydrogen-bond donors (Lipinski definition) is 0. The molecule has 1 saturated carbocycles. The molecule has 3 atom stereocenters. The summed E-state index contributed by atoms with van der Waals surface area (Å²) in [6, 6.07) is 11.1. The van der Waals surface area contributed by atoms with Gasteiger partial charge in [0.2, 0.25) is 11.5 Å². The van der Waals surface area contributed by atoms with Crippen molar-refractivity contribution in [2.75, 3.05) is 0 Å². The molecule has 33 heavy (non-hydrogen) atoms. The maximum Gasteiger partial charge on any atom is 0.339 e. The van der Waals surface area contributed by atoms with Gasteiger partial charge in [-0.1, -0.05) is 30.7 Å². The van der Waals surface area contributed by atoms with Gasteiger partial charge >= 0.3 is 5.97 Å². The first kappa shape index (κ1) is 22.8. The Labute approximate surface area is 195 Å². The Balaban J connectivity index is 1.38. The normalized spacial score (nSPS) is 21.9. The molecule has 2 aliphatic rings. The number of ether oxygens (including phenoxy) is 3. The molecule has 2 aromatic rings. The molecule has 3 unspecified atom stereocenters. The van der Waals surface area contributed by atoms with Gasteiger partial charge in [-0.25, -0.2) is 4.79 Å². The molecule has 0 amide bonds. The zero-order chi connectivity index (χ0) is 23.5. The molecule has 0 saturated heterocycles. The largest absolute Gasteiger partial charge is 0.493 e. The third-order valence-electron chi connectivity index (χ3n) is 5.89. The number of rotatable bonds is 6. The Morgan fingerprint density at radius 2 is 1.97 bits per heavy atom. The number of carbonyl (C=O) groups excluding carboxylic acids is 2. The predicted octanol–water partition coefficient (Wildman–Crippen LogP) is 5.02. The van der Waals surface area contributed by atoms with Gasteiger partial charge in [-0.15, -0.1) is 0 Å². The number of allylic oxidation sites excluding steroid dienone is 1. The molecule has 8 nitrogen and oxygen atoms in total. The fraction of sp³-hybridized carbons (Fsp3) is 0.333. The van der Waals surface area contributed by atoms with Crippen LogP contribution in [0, 0.1) is 16.0 Å². The van der Waals surface area contributed by atoms with Gasteiger partial charge in [0.25, 0.3) is 5.69 Å². The molecule has 4 rings (SSSR count). The van der Waals surface area contributed by atoms with Crippen molar-refractivity contribution < 1.29 is 28.7 Å². The topological polar surface area (TPSA) is 105 Å². The van der Waals surface area contributed by atoms with Crippen LogP contribution in [-0.4, -0.2) is 28.9 Å². The number of Topliss-reactive ketones (excluding diaryl/α,β-unsaturated/α-hetero) is 1. The van der Waals surface area contributed by atoms with E-state index in [1.54, 1.807) is 0 Å². The first-order chi connectivity index (χ1) is 15.9. The van der Waals surface area contributed by atoms with E-state index < -0.39 is 23.1 Å². The van der Waals surface area contributed by atoms with Crippen LogP contribution in [0.25, 0.3) is 0 Å². The minimum Gasteiger partial charge on any atom is -0.493 e. The number of nitrogens with zero attached hydrogens (tertiary/aromatic N) is 1. The van der Waals surface area contributed by atoms with Gasteiger partial charge in [-0.3, -0.25) is 14.9 Å². The van der Waals surface area contributed by atoms with E-state index in [-0.39, 0.29) is 33.7 Å². The number of esters is 1. The highest BCUT2D eigenvalue weighted by atomic mass is 35.5. The van der Waals surface area contributed by atoms with E-state index in [2.05, 4.69) is 6.92 Å². The van der Waals surface area contributed by atoms with Crippen LogP contribution >= 0.6 is 11.6 Å². The summed E-state index contributed by atoms with van der Waals surface area (Å²) < 4.78 is 17.1. The molecule has 2 aromatic carbocycles. The van der Waals surface area contributed by atoms with Crippen LogP contribution in [0.1, 0.15) is 42.1 Å². The highest BCUT2D eigenvalue weighted by Gasteiger charge is 2.42. The van der Waals surface area contributed by atoms with Gasteiger partial charge in [0.15, 0.2) is 0 Å². The second-order valence-electron chi connectivity index (χ2n) is 7.99. The van der Waals surface area contributed by atoms with Crippen LogP contribution in [0.2, 0.25) is 5.02 Å². The van der Waals surface area contributed by atoms with Gasteiger partial charge in [0, 0.05) is 18.6 Å². The number of carbonyl (C=O) groups is 2. The Hall–Kier alpha value is -3.39. The van der Waals surface area contributed by atoms with E-state index in [0.29, 0.717) is 25.0 Å². The van der Waals surface area contributed by atoms with Crippen LogP contribution in [0.3, 0.4) is 0 Å².